The van der Waals surface area contributed by atoms with E-state index in [1.165, 1.54) is 0 Å². The van der Waals surface area contributed by atoms with Gasteiger partial charge in [0.2, 0.25) is 0 Å². The number of carbonyl (C=O) groups excluding carboxylic acids is 1. The Morgan fingerprint density at radius 1 is 1.17 bits per heavy atom. The molecule has 0 aliphatic rings. The monoisotopic (exact) mass is 339 g/mol. The van der Waals surface area contributed by atoms with Crippen molar-refractivity contribution in [3.8, 4) is 0 Å². The predicted octanol–water partition coefficient (Wildman–Crippen LogP) is 2.80. The number of hydrogen-bond donors (Lipinski definition) is 1. The van der Waals surface area contributed by atoms with Gasteiger partial charge in [0.25, 0.3) is 5.91 Å². The molecule has 0 spiro atoms. The van der Waals surface area contributed by atoms with Gasteiger partial charge in [-0.15, -0.1) is 0 Å². The number of halogens is 1. The lowest BCUT2D eigenvalue weighted by Gasteiger charge is -2.04. The predicted molar refractivity (Wildman–Crippen MR) is 92.1 cm³/mol. The number of benzene rings is 1. The zero-order chi connectivity index (χ0) is 16.7. The van der Waals surface area contributed by atoms with Gasteiger partial charge >= 0.3 is 0 Å². The van der Waals surface area contributed by atoms with Gasteiger partial charge in [-0.1, -0.05) is 29.8 Å². The Labute approximate surface area is 142 Å². The van der Waals surface area contributed by atoms with E-state index >= 15 is 0 Å². The summed E-state index contributed by atoms with van der Waals surface area (Å²) in [5.41, 5.74) is 2.83. The minimum absolute atomic E-state index is 0.210. The fourth-order valence-electron chi connectivity index (χ4n) is 2.71. The molecule has 1 aromatic carbocycles. The number of aryl methyl sites for hydroxylation is 1. The second-order valence-electron chi connectivity index (χ2n) is 5.45. The molecule has 1 amide bonds. The van der Waals surface area contributed by atoms with Crippen LogP contribution in [0.15, 0.2) is 48.7 Å². The molecule has 3 heterocycles. The van der Waals surface area contributed by atoms with Crippen LogP contribution in [0.1, 0.15) is 16.3 Å². The summed E-state index contributed by atoms with van der Waals surface area (Å²) < 4.78 is 3.55. The van der Waals surface area contributed by atoms with Crippen molar-refractivity contribution in [1.29, 1.82) is 0 Å². The highest BCUT2D eigenvalue weighted by molar-refractivity contribution is 6.36. The molecule has 0 radical (unpaired) electrons. The molecule has 120 valence electrons. The second kappa shape index (κ2) is 5.65. The van der Waals surface area contributed by atoms with Crippen LogP contribution in [0.2, 0.25) is 5.02 Å². The highest BCUT2D eigenvalue weighted by atomic mass is 35.5. The van der Waals surface area contributed by atoms with E-state index in [2.05, 4.69) is 15.4 Å². The normalized spacial score (nSPS) is 11.2. The molecule has 24 heavy (non-hydrogen) atoms. The fourth-order valence-corrected chi connectivity index (χ4v) is 2.98. The molecular weight excluding hydrogens is 326 g/mol. The summed E-state index contributed by atoms with van der Waals surface area (Å²) in [6, 6.07) is 13.3. The zero-order valence-corrected chi connectivity index (χ0v) is 13.7. The van der Waals surface area contributed by atoms with Gasteiger partial charge in [0.05, 0.1) is 28.1 Å². The molecule has 0 aliphatic heterocycles. The number of fused-ring (bicyclic) bond motifs is 2. The van der Waals surface area contributed by atoms with Crippen molar-refractivity contribution in [2.45, 2.75) is 6.54 Å². The van der Waals surface area contributed by atoms with Crippen LogP contribution in [0, 0.1) is 0 Å². The summed E-state index contributed by atoms with van der Waals surface area (Å²) in [6.07, 6.45) is 1.75. The first-order valence-electron chi connectivity index (χ1n) is 7.46. The smallest absolute Gasteiger partial charge is 0.273 e. The number of hydrogen-bond acceptors (Lipinski definition) is 3. The third-order valence-electron chi connectivity index (χ3n) is 3.98. The van der Waals surface area contributed by atoms with Crippen molar-refractivity contribution >= 4 is 34.1 Å². The van der Waals surface area contributed by atoms with Gasteiger partial charge in [-0.05, 0) is 24.3 Å². The lowest BCUT2D eigenvalue weighted by Crippen LogP contribution is -2.25. The number of nitrogens with zero attached hydrogens (tertiary/aromatic N) is 4. The second-order valence-corrected chi connectivity index (χ2v) is 5.83. The molecular formula is C17H14ClN5O. The van der Waals surface area contributed by atoms with E-state index in [1.807, 2.05) is 54.1 Å². The molecule has 3 aromatic heterocycles. The van der Waals surface area contributed by atoms with Gasteiger partial charge in [-0.2, -0.15) is 5.10 Å². The molecule has 0 unspecified atom stereocenters. The zero-order valence-electron chi connectivity index (χ0n) is 12.9. The lowest BCUT2D eigenvalue weighted by molar-refractivity contribution is 0.0944. The molecule has 7 heteroatoms. The molecule has 1 N–H and O–H groups in total. The van der Waals surface area contributed by atoms with E-state index in [1.54, 1.807) is 10.7 Å². The average Bonchev–Trinajstić information content (AvgIpc) is 3.11. The SMILES string of the molecule is Cn1c(CNC(=O)c2nn3ccccc3c2Cl)nc2ccccc21. The number of carbonyl (C=O) groups is 1. The highest BCUT2D eigenvalue weighted by Crippen LogP contribution is 2.21. The number of amides is 1. The highest BCUT2D eigenvalue weighted by Gasteiger charge is 2.18. The molecule has 0 bridgehead atoms. The van der Waals surface area contributed by atoms with Crippen LogP contribution in [-0.4, -0.2) is 25.1 Å². The number of aromatic nitrogens is 4. The van der Waals surface area contributed by atoms with E-state index in [9.17, 15) is 4.79 Å². The van der Waals surface area contributed by atoms with Gasteiger partial charge in [-0.3, -0.25) is 4.79 Å². The third kappa shape index (κ3) is 2.32. The van der Waals surface area contributed by atoms with Crippen molar-refractivity contribution in [1.82, 2.24) is 24.5 Å². The van der Waals surface area contributed by atoms with E-state index in [0.717, 1.165) is 16.9 Å². The maximum absolute atomic E-state index is 12.4. The summed E-state index contributed by atoms with van der Waals surface area (Å²) in [5, 5.41) is 7.42. The van der Waals surface area contributed by atoms with Crippen LogP contribution < -0.4 is 5.32 Å². The van der Waals surface area contributed by atoms with Crippen molar-refractivity contribution < 1.29 is 4.79 Å². The van der Waals surface area contributed by atoms with Crippen LogP contribution in [0.25, 0.3) is 16.6 Å². The number of nitrogens with one attached hydrogen (secondary N) is 1. The minimum atomic E-state index is -0.323. The molecule has 0 atom stereocenters. The quantitative estimate of drug-likeness (QED) is 0.624. The van der Waals surface area contributed by atoms with Crippen molar-refractivity contribution in [3.05, 3.63) is 65.2 Å². The molecule has 6 nitrogen and oxygen atoms in total. The Hall–Kier alpha value is -2.86. The van der Waals surface area contributed by atoms with Gasteiger partial charge < -0.3 is 9.88 Å². The summed E-state index contributed by atoms with van der Waals surface area (Å²) in [7, 11) is 1.93. The summed E-state index contributed by atoms with van der Waals surface area (Å²) >= 11 is 6.26. The van der Waals surface area contributed by atoms with Crippen LogP contribution in [0.4, 0.5) is 0 Å². The number of para-hydroxylation sites is 2. The first-order valence-corrected chi connectivity index (χ1v) is 7.84. The molecule has 0 saturated heterocycles. The Bertz CT molecular complexity index is 1070. The first-order chi connectivity index (χ1) is 11.6. The number of pyridine rings is 1. The Balaban J connectivity index is 1.59. The lowest BCUT2D eigenvalue weighted by atomic mass is 10.3. The van der Waals surface area contributed by atoms with E-state index in [4.69, 9.17) is 11.6 Å². The summed E-state index contributed by atoms with van der Waals surface area (Å²) in [5.74, 6) is 0.445. The fraction of sp³-hybridized carbons (Fsp3) is 0.118. The van der Waals surface area contributed by atoms with E-state index in [-0.39, 0.29) is 11.6 Å². The maximum atomic E-state index is 12.4. The van der Waals surface area contributed by atoms with Crippen LogP contribution in [-0.2, 0) is 13.6 Å². The number of rotatable bonds is 3. The van der Waals surface area contributed by atoms with Gasteiger partial charge in [0.1, 0.15) is 5.82 Å². The van der Waals surface area contributed by atoms with Crippen LogP contribution >= 0.6 is 11.6 Å². The van der Waals surface area contributed by atoms with Gasteiger partial charge in [-0.25, -0.2) is 9.50 Å². The van der Waals surface area contributed by atoms with Crippen molar-refractivity contribution in [3.63, 3.8) is 0 Å². The van der Waals surface area contributed by atoms with Crippen LogP contribution in [0.5, 0.6) is 0 Å². The standard InChI is InChI=1S/C17H14ClN5O/c1-22-12-7-3-2-6-11(12)20-14(22)10-19-17(24)16-15(18)13-8-4-5-9-23(13)21-16/h2-9H,10H2,1H3,(H,19,24). The first kappa shape index (κ1) is 14.7. The minimum Gasteiger partial charge on any atom is -0.343 e. The summed E-state index contributed by atoms with van der Waals surface area (Å²) in [6.45, 7) is 0.300. The maximum Gasteiger partial charge on any atom is 0.273 e. The topological polar surface area (TPSA) is 64.2 Å². The largest absolute Gasteiger partial charge is 0.343 e. The Morgan fingerprint density at radius 3 is 2.71 bits per heavy atom. The molecule has 0 fully saturated rings. The van der Waals surface area contributed by atoms with Gasteiger partial charge in [0.15, 0.2) is 5.69 Å². The van der Waals surface area contributed by atoms with Crippen molar-refractivity contribution in [2.24, 2.45) is 7.05 Å². The molecule has 0 aliphatic carbocycles. The summed E-state index contributed by atoms with van der Waals surface area (Å²) in [4.78, 5) is 17.0. The third-order valence-corrected chi connectivity index (χ3v) is 4.35. The van der Waals surface area contributed by atoms with Crippen LogP contribution in [0.3, 0.4) is 0 Å². The van der Waals surface area contributed by atoms with E-state index < -0.39 is 0 Å². The van der Waals surface area contributed by atoms with Gasteiger partial charge in [0, 0.05) is 13.2 Å². The molecule has 0 saturated carbocycles. The van der Waals surface area contributed by atoms with E-state index in [0.29, 0.717) is 17.1 Å². The molecule has 4 aromatic rings. The average molecular weight is 340 g/mol. The van der Waals surface area contributed by atoms with Crippen molar-refractivity contribution in [2.75, 3.05) is 0 Å². The number of imidazole rings is 1. The Morgan fingerprint density at radius 2 is 1.92 bits per heavy atom. The molecule has 4 rings (SSSR count). The Kier molecular flexibility index (Phi) is 3.46.